The Morgan fingerprint density at radius 3 is 2.80 bits per heavy atom. The largest absolute Gasteiger partial charge is 0.324 e. The van der Waals surface area contributed by atoms with Crippen LogP contribution < -0.4 is 5.73 Å². The molecule has 1 rings (SSSR count). The maximum Gasteiger partial charge on any atom is 0.129 e. The molecule has 1 nitrogen and oxygen atoms in total. The van der Waals surface area contributed by atoms with Gasteiger partial charge >= 0.3 is 0 Å². The standard InChI is InChI=1S/C12H15BrFN/c1-3-8(2)6-12(15)10-5-4-9(13)7-11(10)14/h4-5,7,12H,2-3,6,15H2,1H3. The second kappa shape index (κ2) is 5.42. The third-order valence-electron chi connectivity index (χ3n) is 2.37. The number of halogens is 2. The van der Waals surface area contributed by atoms with Gasteiger partial charge in [0.25, 0.3) is 0 Å². The van der Waals surface area contributed by atoms with Crippen molar-refractivity contribution in [2.24, 2.45) is 5.73 Å². The van der Waals surface area contributed by atoms with E-state index < -0.39 is 0 Å². The van der Waals surface area contributed by atoms with Crippen LogP contribution in [0, 0.1) is 5.82 Å². The molecule has 15 heavy (non-hydrogen) atoms. The van der Waals surface area contributed by atoms with Crippen LogP contribution in [0.1, 0.15) is 31.4 Å². The highest BCUT2D eigenvalue weighted by Crippen LogP contribution is 2.24. The molecule has 1 unspecified atom stereocenters. The monoisotopic (exact) mass is 271 g/mol. The van der Waals surface area contributed by atoms with Crippen LogP contribution in [0.3, 0.4) is 0 Å². The zero-order chi connectivity index (χ0) is 11.4. The Kier molecular flexibility index (Phi) is 4.48. The molecule has 0 amide bonds. The van der Waals surface area contributed by atoms with Gasteiger partial charge in [-0.15, -0.1) is 0 Å². The number of hydrogen-bond acceptors (Lipinski definition) is 1. The highest BCUT2D eigenvalue weighted by atomic mass is 79.9. The molecule has 0 aliphatic rings. The average Bonchev–Trinajstić information content (AvgIpc) is 2.17. The molecular formula is C12H15BrFN. The quantitative estimate of drug-likeness (QED) is 0.825. The van der Waals surface area contributed by atoms with Crippen LogP contribution in [0.2, 0.25) is 0 Å². The summed E-state index contributed by atoms with van der Waals surface area (Å²) in [7, 11) is 0. The normalized spacial score (nSPS) is 12.5. The van der Waals surface area contributed by atoms with Gasteiger partial charge in [0.15, 0.2) is 0 Å². The fraction of sp³-hybridized carbons (Fsp3) is 0.333. The van der Waals surface area contributed by atoms with Crippen LogP contribution in [0.5, 0.6) is 0 Å². The highest BCUT2D eigenvalue weighted by Gasteiger charge is 2.12. The number of nitrogens with two attached hydrogens (primary N) is 1. The zero-order valence-corrected chi connectivity index (χ0v) is 10.3. The molecule has 0 saturated heterocycles. The molecule has 2 N–H and O–H groups in total. The maximum absolute atomic E-state index is 13.5. The second-order valence-electron chi connectivity index (χ2n) is 3.58. The lowest BCUT2D eigenvalue weighted by molar-refractivity contribution is 0.577. The molecule has 82 valence electrons. The summed E-state index contributed by atoms with van der Waals surface area (Å²) in [4.78, 5) is 0. The Morgan fingerprint density at radius 2 is 2.27 bits per heavy atom. The number of rotatable bonds is 4. The van der Waals surface area contributed by atoms with Crippen molar-refractivity contribution in [1.29, 1.82) is 0 Å². The minimum absolute atomic E-state index is 0.263. The molecule has 0 saturated carbocycles. The van der Waals surface area contributed by atoms with Crippen molar-refractivity contribution in [2.75, 3.05) is 0 Å². The van der Waals surface area contributed by atoms with E-state index >= 15 is 0 Å². The predicted octanol–water partition coefficient (Wildman–Crippen LogP) is 3.94. The first kappa shape index (κ1) is 12.4. The summed E-state index contributed by atoms with van der Waals surface area (Å²) in [6.07, 6.45) is 1.51. The van der Waals surface area contributed by atoms with Crippen LogP contribution in [-0.2, 0) is 0 Å². The predicted molar refractivity (Wildman–Crippen MR) is 65.1 cm³/mol. The molecule has 0 aliphatic heterocycles. The molecule has 0 radical (unpaired) electrons. The van der Waals surface area contributed by atoms with Gasteiger partial charge in [-0.05, 0) is 25.0 Å². The number of hydrogen-bond donors (Lipinski definition) is 1. The van der Waals surface area contributed by atoms with E-state index in [-0.39, 0.29) is 11.9 Å². The summed E-state index contributed by atoms with van der Waals surface area (Å²) < 4.78 is 14.2. The van der Waals surface area contributed by atoms with Crippen LogP contribution in [0.4, 0.5) is 4.39 Å². The summed E-state index contributed by atoms with van der Waals surface area (Å²) in [5, 5.41) is 0. The minimum atomic E-state index is -0.300. The molecule has 0 aromatic heterocycles. The molecule has 0 bridgehead atoms. The highest BCUT2D eigenvalue weighted by molar-refractivity contribution is 9.10. The number of benzene rings is 1. The molecule has 3 heteroatoms. The molecule has 0 fully saturated rings. The van der Waals surface area contributed by atoms with Gasteiger partial charge in [-0.25, -0.2) is 4.39 Å². The smallest absolute Gasteiger partial charge is 0.129 e. The fourth-order valence-electron chi connectivity index (χ4n) is 1.37. The molecule has 1 atom stereocenters. The van der Waals surface area contributed by atoms with Gasteiger partial charge in [-0.2, -0.15) is 0 Å². The summed E-state index contributed by atoms with van der Waals surface area (Å²) in [5.41, 5.74) is 7.50. The first-order chi connectivity index (χ1) is 7.04. The van der Waals surface area contributed by atoms with E-state index in [0.717, 1.165) is 16.5 Å². The van der Waals surface area contributed by atoms with Crippen LogP contribution in [0.25, 0.3) is 0 Å². The third kappa shape index (κ3) is 3.43. The lowest BCUT2D eigenvalue weighted by Gasteiger charge is -2.14. The van der Waals surface area contributed by atoms with Crippen LogP contribution >= 0.6 is 15.9 Å². The van der Waals surface area contributed by atoms with E-state index in [1.165, 1.54) is 6.07 Å². The van der Waals surface area contributed by atoms with Crippen molar-refractivity contribution in [3.63, 3.8) is 0 Å². The van der Waals surface area contributed by atoms with E-state index in [9.17, 15) is 4.39 Å². The van der Waals surface area contributed by atoms with Gasteiger partial charge < -0.3 is 5.73 Å². The maximum atomic E-state index is 13.5. The topological polar surface area (TPSA) is 26.0 Å². The lowest BCUT2D eigenvalue weighted by Crippen LogP contribution is -2.12. The Bertz CT molecular complexity index is 363. The van der Waals surface area contributed by atoms with Gasteiger partial charge in [0.1, 0.15) is 5.82 Å². The van der Waals surface area contributed by atoms with E-state index in [1.807, 2.05) is 6.92 Å². The SMILES string of the molecule is C=C(CC)CC(N)c1ccc(Br)cc1F. The average molecular weight is 272 g/mol. The summed E-state index contributed by atoms with van der Waals surface area (Å²) >= 11 is 3.21. The summed E-state index contributed by atoms with van der Waals surface area (Å²) in [6.45, 7) is 5.90. The molecule has 0 heterocycles. The molecule has 0 spiro atoms. The Morgan fingerprint density at radius 1 is 1.60 bits per heavy atom. The molecule has 1 aromatic rings. The first-order valence-corrected chi connectivity index (χ1v) is 5.71. The van der Waals surface area contributed by atoms with Crippen molar-refractivity contribution in [3.05, 3.63) is 46.2 Å². The van der Waals surface area contributed by atoms with Crippen LogP contribution in [-0.4, -0.2) is 0 Å². The van der Waals surface area contributed by atoms with Gasteiger partial charge in [-0.3, -0.25) is 0 Å². The summed E-state index contributed by atoms with van der Waals surface area (Å²) in [5.74, 6) is -0.263. The van der Waals surface area contributed by atoms with E-state index in [4.69, 9.17) is 5.73 Å². The minimum Gasteiger partial charge on any atom is -0.324 e. The van der Waals surface area contributed by atoms with Crippen molar-refractivity contribution < 1.29 is 4.39 Å². The van der Waals surface area contributed by atoms with Crippen molar-refractivity contribution in [2.45, 2.75) is 25.8 Å². The fourth-order valence-corrected chi connectivity index (χ4v) is 1.70. The molecule has 1 aromatic carbocycles. The Balaban J connectivity index is 2.82. The molecule has 0 aliphatic carbocycles. The summed E-state index contributed by atoms with van der Waals surface area (Å²) in [6, 6.07) is 4.65. The zero-order valence-electron chi connectivity index (χ0n) is 8.76. The van der Waals surface area contributed by atoms with Gasteiger partial charge in [-0.1, -0.05) is 41.1 Å². The van der Waals surface area contributed by atoms with Crippen molar-refractivity contribution in [1.82, 2.24) is 0 Å². The van der Waals surface area contributed by atoms with Crippen molar-refractivity contribution >= 4 is 15.9 Å². The van der Waals surface area contributed by atoms with E-state index in [1.54, 1.807) is 12.1 Å². The van der Waals surface area contributed by atoms with E-state index in [2.05, 4.69) is 22.5 Å². The van der Waals surface area contributed by atoms with Gasteiger partial charge in [0, 0.05) is 16.1 Å². The third-order valence-corrected chi connectivity index (χ3v) is 2.86. The van der Waals surface area contributed by atoms with Crippen LogP contribution in [0.15, 0.2) is 34.8 Å². The first-order valence-electron chi connectivity index (χ1n) is 4.91. The van der Waals surface area contributed by atoms with Gasteiger partial charge in [0.2, 0.25) is 0 Å². The lowest BCUT2D eigenvalue weighted by atomic mass is 9.99. The van der Waals surface area contributed by atoms with Crippen molar-refractivity contribution in [3.8, 4) is 0 Å². The Labute approximate surface area is 98.3 Å². The Hall–Kier alpha value is -0.670. The van der Waals surface area contributed by atoms with Gasteiger partial charge in [0.05, 0.1) is 0 Å². The second-order valence-corrected chi connectivity index (χ2v) is 4.50. The molecular weight excluding hydrogens is 257 g/mol. The van der Waals surface area contributed by atoms with E-state index in [0.29, 0.717) is 12.0 Å².